The molecule has 4 heteroatoms. The molecule has 0 unspecified atom stereocenters. The van der Waals surface area contributed by atoms with Crippen molar-refractivity contribution in [2.45, 2.75) is 6.92 Å². The summed E-state index contributed by atoms with van der Waals surface area (Å²) in [4.78, 5) is 2.05. The number of rotatable bonds is 4. The lowest BCUT2D eigenvalue weighted by Gasteiger charge is -2.14. The second kappa shape index (κ2) is 7.85. The Kier molecular flexibility index (Phi) is 5.60. The fourth-order valence-electron chi connectivity index (χ4n) is 2.22. The first-order valence-corrected chi connectivity index (χ1v) is 7.56. The number of nitrogens with zero attached hydrogens (tertiary/aromatic N) is 3. The predicted octanol–water partition coefficient (Wildman–Crippen LogP) is 4.17. The zero-order valence-electron chi connectivity index (χ0n) is 14.0. The second-order valence-corrected chi connectivity index (χ2v) is 5.63. The average Bonchev–Trinajstić information content (AvgIpc) is 2.57. The maximum atomic E-state index is 8.89. The van der Waals surface area contributed by atoms with Crippen molar-refractivity contribution >= 4 is 11.8 Å². The van der Waals surface area contributed by atoms with Gasteiger partial charge in [0, 0.05) is 19.8 Å². The first kappa shape index (κ1) is 17.1. The summed E-state index contributed by atoms with van der Waals surface area (Å²) in [7, 11) is 4.01. The van der Waals surface area contributed by atoms with Crippen LogP contribution in [0.25, 0.3) is 6.08 Å². The number of allylic oxidation sites excluding steroid dienone is 6. The molecular formula is C20H19N3O. The van der Waals surface area contributed by atoms with Crippen molar-refractivity contribution in [3.63, 3.8) is 0 Å². The van der Waals surface area contributed by atoms with E-state index in [1.807, 2.05) is 74.5 Å². The lowest BCUT2D eigenvalue weighted by molar-refractivity contribution is 0.318. The maximum absolute atomic E-state index is 8.89. The molecule has 1 aromatic rings. The number of hydrogen-bond donors (Lipinski definition) is 0. The van der Waals surface area contributed by atoms with Gasteiger partial charge in [0.2, 0.25) is 0 Å². The third-order valence-electron chi connectivity index (χ3n) is 3.44. The number of benzene rings is 1. The van der Waals surface area contributed by atoms with Crippen LogP contribution < -0.4 is 4.90 Å². The minimum Gasteiger partial charge on any atom is -0.462 e. The van der Waals surface area contributed by atoms with E-state index in [0.29, 0.717) is 5.76 Å². The number of ether oxygens (including phenoxy) is 1. The van der Waals surface area contributed by atoms with Crippen LogP contribution in [-0.2, 0) is 4.74 Å². The molecule has 0 N–H and O–H groups in total. The van der Waals surface area contributed by atoms with Crippen LogP contribution in [0.3, 0.4) is 0 Å². The lowest BCUT2D eigenvalue weighted by Crippen LogP contribution is -2.07. The monoisotopic (exact) mass is 317 g/mol. The molecule has 0 spiro atoms. The largest absolute Gasteiger partial charge is 0.462 e. The Morgan fingerprint density at radius 1 is 1.04 bits per heavy atom. The highest BCUT2D eigenvalue weighted by Gasteiger charge is 2.08. The van der Waals surface area contributed by atoms with E-state index < -0.39 is 5.92 Å². The van der Waals surface area contributed by atoms with Gasteiger partial charge >= 0.3 is 0 Å². The molecule has 2 rings (SSSR count). The Labute approximate surface area is 142 Å². The smallest absolute Gasteiger partial charge is 0.152 e. The molecule has 0 fully saturated rings. The molecule has 0 bridgehead atoms. The highest BCUT2D eigenvalue weighted by atomic mass is 16.5. The molecule has 0 amide bonds. The Bertz CT molecular complexity index is 783. The van der Waals surface area contributed by atoms with Crippen molar-refractivity contribution in [2.75, 3.05) is 19.0 Å². The number of anilines is 1. The minimum absolute atomic E-state index is 0.674. The van der Waals surface area contributed by atoms with E-state index in [2.05, 4.69) is 12.1 Å². The molecule has 0 atom stereocenters. The highest BCUT2D eigenvalue weighted by molar-refractivity contribution is 5.58. The summed E-state index contributed by atoms with van der Waals surface area (Å²) in [5, 5.41) is 17.8. The maximum Gasteiger partial charge on any atom is 0.152 e. The zero-order chi connectivity index (χ0) is 17.5. The van der Waals surface area contributed by atoms with E-state index in [4.69, 9.17) is 15.3 Å². The summed E-state index contributed by atoms with van der Waals surface area (Å²) in [6.07, 6.45) is 9.10. The van der Waals surface area contributed by atoms with Gasteiger partial charge in [-0.25, -0.2) is 0 Å². The lowest BCUT2D eigenvalue weighted by atomic mass is 10.1. The molecular weight excluding hydrogens is 298 g/mol. The van der Waals surface area contributed by atoms with Gasteiger partial charge in [-0.1, -0.05) is 18.2 Å². The molecule has 4 nitrogen and oxygen atoms in total. The van der Waals surface area contributed by atoms with Crippen LogP contribution in [0.15, 0.2) is 65.7 Å². The van der Waals surface area contributed by atoms with Crippen LogP contribution >= 0.6 is 0 Å². The van der Waals surface area contributed by atoms with E-state index in [-0.39, 0.29) is 0 Å². The van der Waals surface area contributed by atoms with Crippen molar-refractivity contribution in [2.24, 2.45) is 5.92 Å². The van der Waals surface area contributed by atoms with Crippen molar-refractivity contribution in [1.82, 2.24) is 0 Å². The van der Waals surface area contributed by atoms with Crippen molar-refractivity contribution in [3.8, 4) is 12.1 Å². The fraction of sp³-hybridized carbons (Fsp3) is 0.200. The summed E-state index contributed by atoms with van der Waals surface area (Å²) < 4.78 is 5.67. The first-order chi connectivity index (χ1) is 11.5. The standard InChI is InChI=1S/C20H19N3O/c1-15-10-17(11-18(13-21)14-22)12-20(24-15)9-6-16-4-7-19(8-5-16)23(2)3/h4-12,18H,1-3H3. The van der Waals surface area contributed by atoms with Gasteiger partial charge in [0.05, 0.1) is 12.1 Å². The summed E-state index contributed by atoms with van der Waals surface area (Å²) in [5.41, 5.74) is 3.01. The molecule has 120 valence electrons. The topological polar surface area (TPSA) is 60.0 Å². The zero-order valence-corrected chi connectivity index (χ0v) is 14.0. The normalized spacial score (nSPS) is 15.5. The fourth-order valence-corrected chi connectivity index (χ4v) is 2.22. The Balaban J connectivity index is 2.18. The van der Waals surface area contributed by atoms with Crippen LogP contribution in [-0.4, -0.2) is 14.1 Å². The Morgan fingerprint density at radius 3 is 2.29 bits per heavy atom. The molecule has 0 radical (unpaired) electrons. The van der Waals surface area contributed by atoms with Gasteiger partial charge in [0.15, 0.2) is 5.92 Å². The van der Waals surface area contributed by atoms with Crippen LogP contribution in [0.2, 0.25) is 0 Å². The van der Waals surface area contributed by atoms with E-state index in [1.165, 1.54) is 0 Å². The van der Waals surface area contributed by atoms with Gasteiger partial charge < -0.3 is 9.64 Å². The third kappa shape index (κ3) is 4.63. The first-order valence-electron chi connectivity index (χ1n) is 7.56. The molecule has 0 aliphatic carbocycles. The van der Waals surface area contributed by atoms with Gasteiger partial charge in [-0.3, -0.25) is 0 Å². The molecule has 1 aromatic carbocycles. The molecule has 0 aromatic heterocycles. The van der Waals surface area contributed by atoms with E-state index in [1.54, 1.807) is 6.08 Å². The summed E-state index contributed by atoms with van der Waals surface area (Å²) in [6, 6.07) is 12.1. The number of hydrogen-bond acceptors (Lipinski definition) is 4. The Hall–Kier alpha value is -3.24. The van der Waals surface area contributed by atoms with Crippen molar-refractivity contribution < 1.29 is 4.74 Å². The van der Waals surface area contributed by atoms with Gasteiger partial charge in [-0.05, 0) is 54.5 Å². The third-order valence-corrected chi connectivity index (χ3v) is 3.44. The molecule has 0 saturated heterocycles. The molecule has 0 saturated carbocycles. The van der Waals surface area contributed by atoms with Gasteiger partial charge in [-0.2, -0.15) is 10.5 Å². The highest BCUT2D eigenvalue weighted by Crippen LogP contribution is 2.22. The van der Waals surface area contributed by atoms with E-state index in [0.717, 1.165) is 22.6 Å². The van der Waals surface area contributed by atoms with Crippen LogP contribution in [0, 0.1) is 28.6 Å². The number of nitriles is 2. The molecule has 1 aliphatic heterocycles. The van der Waals surface area contributed by atoms with Crippen molar-refractivity contribution in [1.29, 1.82) is 10.5 Å². The Morgan fingerprint density at radius 2 is 1.71 bits per heavy atom. The SMILES string of the molecule is CC1=CC(=CC(C#N)C#N)C=C(C=Cc2ccc(N(C)C)cc2)O1. The van der Waals surface area contributed by atoms with Crippen molar-refractivity contribution in [3.05, 3.63) is 71.2 Å². The second-order valence-electron chi connectivity index (χ2n) is 5.63. The minimum atomic E-state index is -0.762. The van der Waals surface area contributed by atoms with Gasteiger partial charge in [-0.15, -0.1) is 0 Å². The van der Waals surface area contributed by atoms with Crippen LogP contribution in [0.4, 0.5) is 5.69 Å². The van der Waals surface area contributed by atoms with Gasteiger partial charge in [0.25, 0.3) is 0 Å². The van der Waals surface area contributed by atoms with Crippen LogP contribution in [0.5, 0.6) is 0 Å². The molecule has 24 heavy (non-hydrogen) atoms. The molecule has 1 heterocycles. The quantitative estimate of drug-likeness (QED) is 0.836. The van der Waals surface area contributed by atoms with E-state index in [9.17, 15) is 0 Å². The van der Waals surface area contributed by atoms with E-state index >= 15 is 0 Å². The summed E-state index contributed by atoms with van der Waals surface area (Å²) in [6.45, 7) is 1.84. The summed E-state index contributed by atoms with van der Waals surface area (Å²) in [5.74, 6) is 0.635. The van der Waals surface area contributed by atoms with Gasteiger partial charge in [0.1, 0.15) is 11.5 Å². The predicted molar refractivity (Wildman–Crippen MR) is 95.5 cm³/mol. The average molecular weight is 317 g/mol. The van der Waals surface area contributed by atoms with Crippen LogP contribution in [0.1, 0.15) is 12.5 Å². The molecule has 1 aliphatic rings. The summed E-state index contributed by atoms with van der Waals surface area (Å²) >= 11 is 0.